The van der Waals surface area contributed by atoms with Gasteiger partial charge in [0.1, 0.15) is 0 Å². The number of imide groups is 1. The maximum Gasteiger partial charge on any atom is 0.229 e. The number of hydrogen-bond acceptors (Lipinski definition) is 4. The van der Waals surface area contributed by atoms with Crippen LogP contribution < -0.4 is 5.32 Å². The smallest absolute Gasteiger partial charge is 0.229 e. The van der Waals surface area contributed by atoms with E-state index in [2.05, 4.69) is 27.3 Å². The van der Waals surface area contributed by atoms with Crippen molar-refractivity contribution in [2.45, 2.75) is 39.2 Å². The molecule has 2 aliphatic rings. The molecular weight excluding hydrogens is 368 g/mol. The molecule has 0 spiro atoms. The van der Waals surface area contributed by atoms with Crippen LogP contribution in [0.25, 0.3) is 0 Å². The van der Waals surface area contributed by atoms with Crippen molar-refractivity contribution in [3.05, 3.63) is 35.9 Å². The van der Waals surface area contributed by atoms with Crippen molar-refractivity contribution in [2.75, 3.05) is 39.3 Å². The summed E-state index contributed by atoms with van der Waals surface area (Å²) in [4.78, 5) is 32.1. The molecule has 158 valence electrons. The lowest BCUT2D eigenvalue weighted by Gasteiger charge is -2.25. The van der Waals surface area contributed by atoms with Crippen LogP contribution in [0.3, 0.4) is 0 Å². The lowest BCUT2D eigenvalue weighted by atomic mass is 10.1. The molecule has 7 heteroatoms. The molecule has 1 unspecified atom stereocenters. The number of benzene rings is 1. The lowest BCUT2D eigenvalue weighted by Crippen LogP contribution is -2.43. The van der Waals surface area contributed by atoms with Crippen molar-refractivity contribution in [3.8, 4) is 0 Å². The Labute approximate surface area is 173 Å². The molecule has 1 aromatic rings. The maximum absolute atomic E-state index is 11.9. The molecule has 3 rings (SSSR count). The molecule has 2 aliphatic heterocycles. The molecule has 2 amide bonds. The van der Waals surface area contributed by atoms with Crippen LogP contribution in [-0.4, -0.2) is 66.9 Å². The minimum absolute atomic E-state index is 0.0711. The fourth-order valence-corrected chi connectivity index (χ4v) is 3.81. The highest BCUT2D eigenvalue weighted by atomic mass is 16.5. The molecule has 29 heavy (non-hydrogen) atoms. The summed E-state index contributed by atoms with van der Waals surface area (Å²) in [6.07, 6.45) is 2.67. The average molecular weight is 401 g/mol. The van der Waals surface area contributed by atoms with Crippen molar-refractivity contribution in [1.29, 1.82) is 0 Å². The molecule has 1 N–H and O–H groups in total. The number of carbonyl (C=O) groups is 2. The number of likely N-dealkylation sites (tertiary alicyclic amines) is 2. The molecule has 0 aromatic heterocycles. The predicted molar refractivity (Wildman–Crippen MR) is 112 cm³/mol. The van der Waals surface area contributed by atoms with E-state index in [1.54, 1.807) is 0 Å². The van der Waals surface area contributed by atoms with Gasteiger partial charge in [-0.05, 0) is 25.3 Å². The van der Waals surface area contributed by atoms with Crippen LogP contribution in [0, 0.1) is 5.92 Å². The average Bonchev–Trinajstić information content (AvgIpc) is 3.19. The van der Waals surface area contributed by atoms with Gasteiger partial charge in [0.25, 0.3) is 0 Å². The van der Waals surface area contributed by atoms with Gasteiger partial charge in [0.2, 0.25) is 11.8 Å². The van der Waals surface area contributed by atoms with Crippen LogP contribution in [0.5, 0.6) is 0 Å². The summed E-state index contributed by atoms with van der Waals surface area (Å²) < 4.78 is 5.91. The number of carbonyl (C=O) groups excluding carboxylic acids is 2. The molecule has 0 aliphatic carbocycles. The van der Waals surface area contributed by atoms with Gasteiger partial charge in [-0.3, -0.25) is 19.5 Å². The quantitative estimate of drug-likeness (QED) is 0.411. The van der Waals surface area contributed by atoms with Gasteiger partial charge >= 0.3 is 0 Å². The van der Waals surface area contributed by atoms with Crippen LogP contribution in [0.2, 0.25) is 0 Å². The Morgan fingerprint density at radius 3 is 2.69 bits per heavy atom. The summed E-state index contributed by atoms with van der Waals surface area (Å²) in [7, 11) is 0. The van der Waals surface area contributed by atoms with E-state index in [0.29, 0.717) is 44.9 Å². The Bertz CT molecular complexity index is 691. The third-order valence-electron chi connectivity index (χ3n) is 5.35. The predicted octanol–water partition coefficient (Wildman–Crippen LogP) is 2.03. The second-order valence-electron chi connectivity index (χ2n) is 7.63. The second kappa shape index (κ2) is 11.0. The number of guanidine groups is 1. The summed E-state index contributed by atoms with van der Waals surface area (Å²) in [5.74, 6) is 1.19. The van der Waals surface area contributed by atoms with E-state index in [9.17, 15) is 9.59 Å². The number of nitrogens with zero attached hydrogens (tertiary/aromatic N) is 3. The van der Waals surface area contributed by atoms with E-state index < -0.39 is 0 Å². The fraction of sp³-hybridized carbons (Fsp3) is 0.591. The number of ether oxygens (including phenoxy) is 1. The Balaban J connectivity index is 1.45. The SMILES string of the molecule is CCNC(=NCCN1C(=O)CCCC1=O)N1CCC(COCc2ccccc2)C1. The number of amides is 2. The molecule has 7 nitrogen and oxygen atoms in total. The maximum atomic E-state index is 11.9. The zero-order chi connectivity index (χ0) is 20.5. The van der Waals surface area contributed by atoms with Gasteiger partial charge in [-0.2, -0.15) is 0 Å². The Hall–Kier alpha value is -2.41. The summed E-state index contributed by atoms with van der Waals surface area (Å²) in [5, 5.41) is 3.33. The molecule has 2 saturated heterocycles. The van der Waals surface area contributed by atoms with E-state index in [0.717, 1.165) is 38.6 Å². The van der Waals surface area contributed by atoms with Gasteiger partial charge < -0.3 is 15.0 Å². The first kappa shape index (κ1) is 21.3. The zero-order valence-corrected chi connectivity index (χ0v) is 17.3. The van der Waals surface area contributed by atoms with Crippen LogP contribution in [0.1, 0.15) is 38.2 Å². The fourth-order valence-electron chi connectivity index (χ4n) is 3.81. The molecule has 2 heterocycles. The number of rotatable bonds is 8. The molecule has 1 atom stereocenters. The molecular formula is C22H32N4O3. The third-order valence-corrected chi connectivity index (χ3v) is 5.35. The number of piperidine rings is 1. The summed E-state index contributed by atoms with van der Waals surface area (Å²) in [6.45, 7) is 6.85. The first-order valence-electron chi connectivity index (χ1n) is 10.7. The van der Waals surface area contributed by atoms with E-state index in [1.807, 2.05) is 25.1 Å². The third kappa shape index (κ3) is 6.29. The first-order chi connectivity index (χ1) is 14.2. The summed E-state index contributed by atoms with van der Waals surface area (Å²) in [5.41, 5.74) is 1.19. The van der Waals surface area contributed by atoms with Crippen molar-refractivity contribution in [1.82, 2.24) is 15.1 Å². The number of hydrogen-bond donors (Lipinski definition) is 1. The van der Waals surface area contributed by atoms with Gasteiger partial charge in [0.15, 0.2) is 5.96 Å². The van der Waals surface area contributed by atoms with Gasteiger partial charge in [-0.25, -0.2) is 0 Å². The van der Waals surface area contributed by atoms with Crippen molar-refractivity contribution in [2.24, 2.45) is 10.9 Å². The van der Waals surface area contributed by atoms with Crippen molar-refractivity contribution < 1.29 is 14.3 Å². The molecule has 0 bridgehead atoms. The number of nitrogens with one attached hydrogen (secondary N) is 1. The van der Waals surface area contributed by atoms with Gasteiger partial charge in [-0.1, -0.05) is 30.3 Å². The van der Waals surface area contributed by atoms with Gasteiger partial charge in [0.05, 0.1) is 19.8 Å². The van der Waals surface area contributed by atoms with E-state index in [-0.39, 0.29) is 11.8 Å². The van der Waals surface area contributed by atoms with Crippen LogP contribution in [0.4, 0.5) is 0 Å². The standard InChI is InChI=1S/C22H32N4O3/c1-2-23-22(24-12-14-26-20(27)9-6-10-21(26)28)25-13-11-19(15-25)17-29-16-18-7-4-3-5-8-18/h3-5,7-8,19H,2,6,9-17H2,1H3,(H,23,24). The Morgan fingerprint density at radius 2 is 1.97 bits per heavy atom. The zero-order valence-electron chi connectivity index (χ0n) is 17.3. The lowest BCUT2D eigenvalue weighted by molar-refractivity contribution is -0.147. The van der Waals surface area contributed by atoms with E-state index in [1.165, 1.54) is 10.5 Å². The minimum atomic E-state index is -0.0711. The Morgan fingerprint density at radius 1 is 1.21 bits per heavy atom. The minimum Gasteiger partial charge on any atom is -0.376 e. The van der Waals surface area contributed by atoms with Crippen molar-refractivity contribution in [3.63, 3.8) is 0 Å². The van der Waals surface area contributed by atoms with E-state index >= 15 is 0 Å². The highest BCUT2D eigenvalue weighted by Gasteiger charge is 2.27. The van der Waals surface area contributed by atoms with Crippen LogP contribution in [0.15, 0.2) is 35.3 Å². The monoisotopic (exact) mass is 400 g/mol. The highest BCUT2D eigenvalue weighted by Crippen LogP contribution is 2.17. The molecule has 0 radical (unpaired) electrons. The van der Waals surface area contributed by atoms with Crippen LogP contribution in [-0.2, 0) is 20.9 Å². The van der Waals surface area contributed by atoms with Crippen LogP contribution >= 0.6 is 0 Å². The molecule has 0 saturated carbocycles. The van der Waals surface area contributed by atoms with Crippen molar-refractivity contribution >= 4 is 17.8 Å². The highest BCUT2D eigenvalue weighted by molar-refractivity contribution is 5.97. The Kier molecular flexibility index (Phi) is 8.04. The van der Waals surface area contributed by atoms with Gasteiger partial charge in [0, 0.05) is 44.9 Å². The summed E-state index contributed by atoms with van der Waals surface area (Å²) >= 11 is 0. The molecule has 1 aromatic carbocycles. The first-order valence-corrected chi connectivity index (χ1v) is 10.7. The number of aliphatic imine (C=N–C) groups is 1. The topological polar surface area (TPSA) is 74.2 Å². The largest absolute Gasteiger partial charge is 0.376 e. The molecule has 2 fully saturated rings. The van der Waals surface area contributed by atoms with Gasteiger partial charge in [-0.15, -0.1) is 0 Å². The second-order valence-corrected chi connectivity index (χ2v) is 7.63. The normalized spacial score (nSPS) is 20.4. The summed E-state index contributed by atoms with van der Waals surface area (Å²) in [6, 6.07) is 10.2. The van der Waals surface area contributed by atoms with E-state index in [4.69, 9.17) is 4.74 Å².